The van der Waals surface area contributed by atoms with Gasteiger partial charge in [0.1, 0.15) is 17.8 Å². The van der Waals surface area contributed by atoms with Gasteiger partial charge in [-0.15, -0.1) is 5.10 Å². The van der Waals surface area contributed by atoms with Crippen molar-refractivity contribution in [1.29, 1.82) is 0 Å². The second-order valence-electron chi connectivity index (χ2n) is 6.94. The van der Waals surface area contributed by atoms with Crippen molar-refractivity contribution in [2.75, 3.05) is 6.54 Å². The highest BCUT2D eigenvalue weighted by Gasteiger charge is 2.38. The van der Waals surface area contributed by atoms with E-state index in [9.17, 15) is 22.4 Å². The summed E-state index contributed by atoms with van der Waals surface area (Å²) in [6.07, 6.45) is -3.15. The Morgan fingerprint density at radius 1 is 1.23 bits per heavy atom. The number of halogens is 4. The number of aryl methyl sites for hydroxylation is 1. The maximum Gasteiger partial charge on any atom is 0.419 e. The largest absolute Gasteiger partial charge is 0.419 e. The van der Waals surface area contributed by atoms with Crippen LogP contribution in [-0.4, -0.2) is 42.3 Å². The van der Waals surface area contributed by atoms with Crippen LogP contribution in [0.15, 0.2) is 30.6 Å². The predicted octanol–water partition coefficient (Wildman–Crippen LogP) is 3.28. The van der Waals surface area contributed by atoms with Gasteiger partial charge in [0, 0.05) is 24.7 Å². The first-order valence-corrected chi connectivity index (χ1v) is 9.08. The van der Waals surface area contributed by atoms with E-state index in [0.29, 0.717) is 24.0 Å². The monoisotopic (exact) mass is 420 g/mol. The lowest BCUT2D eigenvalue weighted by atomic mass is 10.0. The molecule has 3 heterocycles. The summed E-state index contributed by atoms with van der Waals surface area (Å²) in [7, 11) is 0. The summed E-state index contributed by atoms with van der Waals surface area (Å²) in [4.78, 5) is 22.4. The van der Waals surface area contributed by atoms with E-state index in [1.807, 2.05) is 0 Å². The van der Waals surface area contributed by atoms with Crippen LogP contribution < -0.4 is 0 Å². The van der Waals surface area contributed by atoms with Crippen LogP contribution in [0.5, 0.6) is 0 Å². The molecule has 11 heteroatoms. The van der Waals surface area contributed by atoms with Crippen molar-refractivity contribution in [2.45, 2.75) is 32.5 Å². The molecule has 0 N–H and O–H groups in total. The molecule has 0 saturated carbocycles. The zero-order valence-electron chi connectivity index (χ0n) is 16.0. The molecule has 0 aliphatic carbocycles. The summed E-state index contributed by atoms with van der Waals surface area (Å²) in [6, 6.07) is 3.81. The van der Waals surface area contributed by atoms with Crippen LogP contribution in [0, 0.1) is 12.7 Å². The smallest absolute Gasteiger partial charge is 0.330 e. The summed E-state index contributed by atoms with van der Waals surface area (Å²) in [6.45, 7) is 3.65. The number of aromatic nitrogens is 5. The molecule has 4 rings (SSSR count). The van der Waals surface area contributed by atoms with E-state index in [2.05, 4.69) is 20.3 Å². The van der Waals surface area contributed by atoms with Gasteiger partial charge in [-0.25, -0.2) is 14.4 Å². The van der Waals surface area contributed by atoms with Crippen LogP contribution >= 0.6 is 0 Å². The molecule has 1 amide bonds. The Morgan fingerprint density at radius 2 is 2.00 bits per heavy atom. The molecule has 2 aromatic heterocycles. The van der Waals surface area contributed by atoms with Gasteiger partial charge in [0.25, 0.3) is 5.91 Å². The fourth-order valence-electron chi connectivity index (χ4n) is 3.53. The molecule has 0 bridgehead atoms. The van der Waals surface area contributed by atoms with Gasteiger partial charge in [-0.2, -0.15) is 17.9 Å². The highest BCUT2D eigenvalue weighted by atomic mass is 19.4. The van der Waals surface area contributed by atoms with Gasteiger partial charge < -0.3 is 4.90 Å². The Morgan fingerprint density at radius 3 is 2.70 bits per heavy atom. The normalized spacial score (nSPS) is 16.5. The number of rotatable bonds is 2. The topological polar surface area (TPSA) is 76.8 Å². The predicted molar refractivity (Wildman–Crippen MR) is 96.2 cm³/mol. The van der Waals surface area contributed by atoms with Gasteiger partial charge in [-0.3, -0.25) is 4.79 Å². The lowest BCUT2D eigenvalue weighted by Gasteiger charge is -2.32. The van der Waals surface area contributed by atoms with Crippen LogP contribution in [0.1, 0.15) is 46.0 Å². The summed E-state index contributed by atoms with van der Waals surface area (Å²) in [5.74, 6) is -1.88. The second-order valence-corrected chi connectivity index (χ2v) is 6.94. The zero-order valence-corrected chi connectivity index (χ0v) is 16.0. The standard InChI is InChI=1S/C19H16F4N6O/c1-10-8-15(25-9-24-10)29-14-6-7-28(11(2)17(14)26-27-29)18(30)12-4-3-5-13(16(12)20)19(21,22)23/h3-5,8-9,11H,6-7H2,1-2H3. The van der Waals surface area contributed by atoms with Crippen molar-refractivity contribution in [1.82, 2.24) is 29.9 Å². The first-order chi connectivity index (χ1) is 14.2. The number of benzene rings is 1. The molecule has 0 spiro atoms. The van der Waals surface area contributed by atoms with Crippen LogP contribution in [-0.2, 0) is 12.6 Å². The SMILES string of the molecule is Cc1cc(-n2nnc3c2CCN(C(=O)c2cccc(C(F)(F)F)c2F)C3C)ncn1. The van der Waals surface area contributed by atoms with Gasteiger partial charge >= 0.3 is 6.18 Å². The molecular formula is C19H16F4N6O. The minimum Gasteiger partial charge on any atom is -0.330 e. The Kier molecular flexibility index (Phi) is 4.75. The lowest BCUT2D eigenvalue weighted by molar-refractivity contribution is -0.140. The molecule has 0 saturated heterocycles. The van der Waals surface area contributed by atoms with Gasteiger partial charge in [0.05, 0.1) is 22.9 Å². The third-order valence-electron chi connectivity index (χ3n) is 5.05. The molecular weight excluding hydrogens is 404 g/mol. The van der Waals surface area contributed by atoms with Crippen molar-refractivity contribution < 1.29 is 22.4 Å². The molecule has 3 aromatic rings. The van der Waals surface area contributed by atoms with Crippen LogP contribution in [0.3, 0.4) is 0 Å². The van der Waals surface area contributed by atoms with E-state index >= 15 is 0 Å². The molecule has 1 unspecified atom stereocenters. The fraction of sp³-hybridized carbons (Fsp3) is 0.316. The fourth-order valence-corrected chi connectivity index (χ4v) is 3.53. The number of alkyl halides is 3. The zero-order chi connectivity index (χ0) is 21.6. The van der Waals surface area contributed by atoms with Crippen molar-refractivity contribution >= 4 is 5.91 Å². The Hall–Kier alpha value is -3.37. The quantitative estimate of drug-likeness (QED) is 0.595. The molecule has 30 heavy (non-hydrogen) atoms. The number of hydrogen-bond acceptors (Lipinski definition) is 5. The Balaban J connectivity index is 1.67. The number of fused-ring (bicyclic) bond motifs is 1. The van der Waals surface area contributed by atoms with Crippen molar-refractivity contribution in [3.63, 3.8) is 0 Å². The van der Waals surface area contributed by atoms with Crippen LogP contribution in [0.4, 0.5) is 17.6 Å². The van der Waals surface area contributed by atoms with E-state index in [1.54, 1.807) is 24.6 Å². The lowest BCUT2D eigenvalue weighted by Crippen LogP contribution is -2.40. The first kappa shape index (κ1) is 19.9. The van der Waals surface area contributed by atoms with E-state index in [0.717, 1.165) is 23.5 Å². The number of nitrogens with zero attached hydrogens (tertiary/aromatic N) is 6. The Labute approximate surface area is 168 Å². The molecule has 156 valence electrons. The summed E-state index contributed by atoms with van der Waals surface area (Å²) < 4.78 is 55.0. The van der Waals surface area contributed by atoms with Gasteiger partial charge in [0.2, 0.25) is 0 Å². The number of carbonyl (C=O) groups is 1. The molecule has 7 nitrogen and oxygen atoms in total. The minimum atomic E-state index is -4.89. The Bertz CT molecular complexity index is 1130. The highest BCUT2D eigenvalue weighted by molar-refractivity contribution is 5.95. The van der Waals surface area contributed by atoms with Crippen molar-refractivity contribution in [3.8, 4) is 5.82 Å². The second kappa shape index (κ2) is 7.15. The maximum atomic E-state index is 14.4. The number of carbonyl (C=O) groups excluding carboxylic acids is 1. The highest BCUT2D eigenvalue weighted by Crippen LogP contribution is 2.34. The number of hydrogen-bond donors (Lipinski definition) is 0. The number of amides is 1. The summed E-state index contributed by atoms with van der Waals surface area (Å²) in [5.41, 5.74) is -0.139. The maximum absolute atomic E-state index is 14.4. The van der Waals surface area contributed by atoms with Gasteiger partial charge in [-0.05, 0) is 26.0 Å². The van der Waals surface area contributed by atoms with Crippen molar-refractivity contribution in [2.24, 2.45) is 0 Å². The molecule has 1 aliphatic rings. The van der Waals surface area contributed by atoms with E-state index in [4.69, 9.17) is 0 Å². The van der Waals surface area contributed by atoms with Crippen LogP contribution in [0.2, 0.25) is 0 Å². The van der Waals surface area contributed by atoms with E-state index < -0.39 is 35.1 Å². The summed E-state index contributed by atoms with van der Waals surface area (Å²) in [5, 5.41) is 8.24. The molecule has 1 aromatic carbocycles. The average Bonchev–Trinajstić information content (AvgIpc) is 3.12. The molecule has 0 fully saturated rings. The van der Waals surface area contributed by atoms with E-state index in [-0.39, 0.29) is 6.54 Å². The van der Waals surface area contributed by atoms with E-state index in [1.165, 1.54) is 11.2 Å². The third kappa shape index (κ3) is 3.29. The van der Waals surface area contributed by atoms with Gasteiger partial charge in [0.15, 0.2) is 5.82 Å². The average molecular weight is 420 g/mol. The van der Waals surface area contributed by atoms with Crippen LogP contribution in [0.25, 0.3) is 5.82 Å². The van der Waals surface area contributed by atoms with Gasteiger partial charge in [-0.1, -0.05) is 11.3 Å². The molecule has 1 aliphatic heterocycles. The minimum absolute atomic E-state index is 0.167. The third-order valence-corrected chi connectivity index (χ3v) is 5.05. The van der Waals surface area contributed by atoms with Crippen molar-refractivity contribution in [3.05, 3.63) is 64.6 Å². The molecule has 0 radical (unpaired) electrons. The summed E-state index contributed by atoms with van der Waals surface area (Å²) >= 11 is 0. The first-order valence-electron chi connectivity index (χ1n) is 9.08. The molecule has 1 atom stereocenters.